The molecule has 0 aromatic heterocycles. The van der Waals surface area contributed by atoms with Gasteiger partial charge < -0.3 is 4.74 Å². The van der Waals surface area contributed by atoms with Crippen LogP contribution in [0.15, 0.2) is 42.5 Å². The molecule has 0 aliphatic heterocycles. The summed E-state index contributed by atoms with van der Waals surface area (Å²) in [6.45, 7) is 2.49. The van der Waals surface area contributed by atoms with E-state index >= 15 is 0 Å². The maximum absolute atomic E-state index is 6.10. The minimum atomic E-state index is 0.384. The Morgan fingerprint density at radius 2 is 1.61 bits per heavy atom. The molecule has 0 N–H and O–H groups in total. The summed E-state index contributed by atoms with van der Waals surface area (Å²) < 4.78 is 5.81. The van der Waals surface area contributed by atoms with Gasteiger partial charge in [0.2, 0.25) is 0 Å². The van der Waals surface area contributed by atoms with Crippen molar-refractivity contribution >= 4 is 23.2 Å². The molecular formula is C15H14Cl2O. The van der Waals surface area contributed by atoms with Crippen molar-refractivity contribution in [3.05, 3.63) is 63.6 Å². The molecule has 0 spiro atoms. The zero-order chi connectivity index (χ0) is 13.0. The van der Waals surface area contributed by atoms with Crippen molar-refractivity contribution in [1.29, 1.82) is 0 Å². The van der Waals surface area contributed by atoms with Gasteiger partial charge >= 0.3 is 0 Å². The van der Waals surface area contributed by atoms with Gasteiger partial charge in [0.25, 0.3) is 0 Å². The molecule has 0 amide bonds. The Labute approximate surface area is 117 Å². The first-order chi connectivity index (χ1) is 8.72. The van der Waals surface area contributed by atoms with Crippen molar-refractivity contribution in [2.45, 2.75) is 20.0 Å². The Morgan fingerprint density at radius 1 is 0.944 bits per heavy atom. The van der Waals surface area contributed by atoms with Crippen LogP contribution in [0, 0.1) is 0 Å². The van der Waals surface area contributed by atoms with Gasteiger partial charge in [-0.15, -0.1) is 0 Å². The molecule has 18 heavy (non-hydrogen) atoms. The fourth-order valence-electron chi connectivity index (χ4n) is 1.76. The molecule has 0 radical (unpaired) electrons. The number of halogens is 2. The molecule has 0 bridgehead atoms. The number of rotatable bonds is 4. The van der Waals surface area contributed by atoms with E-state index in [-0.39, 0.29) is 0 Å². The summed E-state index contributed by atoms with van der Waals surface area (Å²) in [4.78, 5) is 0. The molecular weight excluding hydrogens is 267 g/mol. The first-order valence-electron chi connectivity index (χ1n) is 5.86. The lowest BCUT2D eigenvalue weighted by atomic mass is 10.1. The van der Waals surface area contributed by atoms with Gasteiger partial charge in [0.15, 0.2) is 0 Å². The van der Waals surface area contributed by atoms with Crippen LogP contribution in [0.25, 0.3) is 0 Å². The summed E-state index contributed by atoms with van der Waals surface area (Å²) in [6, 6.07) is 13.5. The zero-order valence-electron chi connectivity index (χ0n) is 10.1. The van der Waals surface area contributed by atoms with E-state index < -0.39 is 0 Å². The summed E-state index contributed by atoms with van der Waals surface area (Å²) in [6.07, 6.45) is 0.937. The van der Waals surface area contributed by atoms with Crippen molar-refractivity contribution in [2.24, 2.45) is 0 Å². The summed E-state index contributed by atoms with van der Waals surface area (Å²) in [5, 5.41) is 1.27. The molecule has 2 rings (SSSR count). The van der Waals surface area contributed by atoms with Crippen LogP contribution in [0.1, 0.15) is 18.1 Å². The lowest BCUT2D eigenvalue weighted by Gasteiger charge is -2.12. The van der Waals surface area contributed by atoms with Crippen molar-refractivity contribution < 1.29 is 4.74 Å². The molecule has 2 aromatic carbocycles. The number of hydrogen-bond acceptors (Lipinski definition) is 1. The third-order valence-electron chi connectivity index (χ3n) is 2.79. The second-order valence-corrected chi connectivity index (χ2v) is 4.76. The van der Waals surface area contributed by atoms with E-state index in [0.717, 1.165) is 17.7 Å². The lowest BCUT2D eigenvalue weighted by molar-refractivity contribution is 0.303. The minimum Gasteiger partial charge on any atom is -0.489 e. The smallest absolute Gasteiger partial charge is 0.122 e. The van der Waals surface area contributed by atoms with Gasteiger partial charge in [0.05, 0.1) is 0 Å². The highest BCUT2D eigenvalue weighted by Crippen LogP contribution is 2.27. The van der Waals surface area contributed by atoms with Crippen LogP contribution in [-0.2, 0) is 13.0 Å². The van der Waals surface area contributed by atoms with Crippen LogP contribution in [0.4, 0.5) is 0 Å². The van der Waals surface area contributed by atoms with Crippen LogP contribution in [0.5, 0.6) is 5.75 Å². The van der Waals surface area contributed by atoms with E-state index in [1.165, 1.54) is 5.56 Å². The molecule has 1 nitrogen and oxygen atoms in total. The highest BCUT2D eigenvalue weighted by Gasteiger charge is 2.07. The quantitative estimate of drug-likeness (QED) is 0.754. The van der Waals surface area contributed by atoms with Gasteiger partial charge in [-0.25, -0.2) is 0 Å². The number of aryl methyl sites for hydroxylation is 1. The van der Waals surface area contributed by atoms with Crippen molar-refractivity contribution in [3.8, 4) is 5.75 Å². The second kappa shape index (κ2) is 6.12. The highest BCUT2D eigenvalue weighted by molar-refractivity contribution is 6.35. The SMILES string of the molecule is CCc1ccccc1OCc1c(Cl)cccc1Cl. The average molecular weight is 281 g/mol. The van der Waals surface area contributed by atoms with Gasteiger partial charge in [-0.05, 0) is 30.2 Å². The van der Waals surface area contributed by atoms with E-state index in [9.17, 15) is 0 Å². The maximum Gasteiger partial charge on any atom is 0.122 e. The molecule has 3 heteroatoms. The second-order valence-electron chi connectivity index (χ2n) is 3.95. The molecule has 0 fully saturated rings. The van der Waals surface area contributed by atoms with Crippen molar-refractivity contribution in [3.63, 3.8) is 0 Å². The topological polar surface area (TPSA) is 9.23 Å². The Hall–Kier alpha value is -1.18. The fourth-order valence-corrected chi connectivity index (χ4v) is 2.26. The van der Waals surface area contributed by atoms with Gasteiger partial charge in [0, 0.05) is 15.6 Å². The Balaban J connectivity index is 2.16. The summed E-state index contributed by atoms with van der Waals surface area (Å²) in [7, 11) is 0. The van der Waals surface area contributed by atoms with Crippen LogP contribution in [0.3, 0.4) is 0 Å². The standard InChI is InChI=1S/C15H14Cl2O/c1-2-11-6-3-4-9-15(11)18-10-12-13(16)7-5-8-14(12)17/h3-9H,2,10H2,1H3. The Kier molecular flexibility index (Phi) is 4.51. The van der Waals surface area contributed by atoms with E-state index in [2.05, 4.69) is 13.0 Å². The molecule has 94 valence electrons. The molecule has 0 aliphatic carbocycles. The number of hydrogen-bond donors (Lipinski definition) is 0. The van der Waals surface area contributed by atoms with Gasteiger partial charge in [-0.3, -0.25) is 0 Å². The lowest BCUT2D eigenvalue weighted by Crippen LogP contribution is -1.99. The van der Waals surface area contributed by atoms with Gasteiger partial charge in [-0.1, -0.05) is 54.4 Å². The van der Waals surface area contributed by atoms with Crippen LogP contribution in [-0.4, -0.2) is 0 Å². The van der Waals surface area contributed by atoms with Crippen LogP contribution < -0.4 is 4.74 Å². The van der Waals surface area contributed by atoms with E-state index in [1.807, 2.05) is 36.4 Å². The largest absolute Gasteiger partial charge is 0.489 e. The Bertz CT molecular complexity index is 518. The van der Waals surface area contributed by atoms with Gasteiger partial charge in [-0.2, -0.15) is 0 Å². The van der Waals surface area contributed by atoms with E-state index in [0.29, 0.717) is 16.7 Å². The molecule has 0 saturated carbocycles. The van der Waals surface area contributed by atoms with E-state index in [1.54, 1.807) is 0 Å². The zero-order valence-corrected chi connectivity index (χ0v) is 11.6. The Morgan fingerprint density at radius 3 is 2.28 bits per heavy atom. The molecule has 0 atom stereocenters. The molecule has 0 aliphatic rings. The summed E-state index contributed by atoms with van der Waals surface area (Å²) in [5.74, 6) is 0.885. The normalized spacial score (nSPS) is 10.4. The maximum atomic E-state index is 6.10. The van der Waals surface area contributed by atoms with E-state index in [4.69, 9.17) is 27.9 Å². The number of benzene rings is 2. The van der Waals surface area contributed by atoms with Crippen LogP contribution >= 0.6 is 23.2 Å². The fraction of sp³-hybridized carbons (Fsp3) is 0.200. The monoisotopic (exact) mass is 280 g/mol. The van der Waals surface area contributed by atoms with Gasteiger partial charge in [0.1, 0.15) is 12.4 Å². The first kappa shape index (κ1) is 13.3. The minimum absolute atomic E-state index is 0.384. The molecule has 0 heterocycles. The number of para-hydroxylation sites is 1. The third-order valence-corrected chi connectivity index (χ3v) is 3.50. The van der Waals surface area contributed by atoms with Crippen LogP contribution in [0.2, 0.25) is 10.0 Å². The van der Waals surface area contributed by atoms with Crippen molar-refractivity contribution in [2.75, 3.05) is 0 Å². The molecule has 2 aromatic rings. The summed E-state index contributed by atoms with van der Waals surface area (Å²) in [5.41, 5.74) is 2.01. The molecule has 0 saturated heterocycles. The third kappa shape index (κ3) is 2.98. The predicted molar refractivity (Wildman–Crippen MR) is 76.6 cm³/mol. The number of ether oxygens (including phenoxy) is 1. The predicted octanol–water partition coefficient (Wildman–Crippen LogP) is 5.13. The highest BCUT2D eigenvalue weighted by atomic mass is 35.5. The molecule has 0 unspecified atom stereocenters. The first-order valence-corrected chi connectivity index (χ1v) is 6.61. The average Bonchev–Trinajstić information content (AvgIpc) is 2.38. The van der Waals surface area contributed by atoms with Crippen molar-refractivity contribution in [1.82, 2.24) is 0 Å². The summed E-state index contributed by atoms with van der Waals surface area (Å²) >= 11 is 12.2.